The molecule has 3 rings (SSSR count). The van der Waals surface area contributed by atoms with Crippen molar-refractivity contribution in [2.24, 2.45) is 0 Å². The van der Waals surface area contributed by atoms with E-state index in [1.54, 1.807) is 17.2 Å². The second kappa shape index (κ2) is 5.02. The zero-order valence-corrected chi connectivity index (χ0v) is 10.7. The normalized spacial score (nSPS) is 10.6. The Labute approximate surface area is 111 Å². The first-order valence-corrected chi connectivity index (χ1v) is 6.29. The van der Waals surface area contributed by atoms with Gasteiger partial charge in [-0.05, 0) is 24.1 Å². The molecule has 0 saturated heterocycles. The quantitative estimate of drug-likeness (QED) is 0.718. The number of nitrogens with zero attached hydrogens (tertiary/aromatic N) is 4. The maximum Gasteiger partial charge on any atom is 0.181 e. The third-order valence-corrected chi connectivity index (χ3v) is 3.00. The highest BCUT2D eigenvalue weighted by Gasteiger charge is 2.05. The predicted octanol–water partition coefficient (Wildman–Crippen LogP) is 2.89. The molecule has 1 aromatic carbocycles. The van der Waals surface area contributed by atoms with E-state index in [-0.39, 0.29) is 0 Å². The van der Waals surface area contributed by atoms with E-state index in [2.05, 4.69) is 46.3 Å². The van der Waals surface area contributed by atoms with Crippen molar-refractivity contribution in [2.75, 3.05) is 0 Å². The van der Waals surface area contributed by atoms with Crippen molar-refractivity contribution in [3.63, 3.8) is 0 Å². The lowest BCUT2D eigenvalue weighted by Crippen LogP contribution is -1.97. The molecule has 0 unspecified atom stereocenters. The van der Waals surface area contributed by atoms with Gasteiger partial charge in [0.05, 0.1) is 0 Å². The molecule has 4 heteroatoms. The van der Waals surface area contributed by atoms with Gasteiger partial charge in [0.15, 0.2) is 11.6 Å². The van der Waals surface area contributed by atoms with Gasteiger partial charge in [0.2, 0.25) is 0 Å². The second-order valence-electron chi connectivity index (χ2n) is 4.25. The van der Waals surface area contributed by atoms with Crippen molar-refractivity contribution in [1.82, 2.24) is 19.7 Å². The van der Waals surface area contributed by atoms with E-state index in [0.717, 1.165) is 17.8 Å². The number of rotatable bonds is 3. The Morgan fingerprint density at radius 1 is 1.00 bits per heavy atom. The Hall–Kier alpha value is -2.49. The molecule has 0 aliphatic heterocycles. The van der Waals surface area contributed by atoms with Crippen molar-refractivity contribution >= 4 is 0 Å². The highest BCUT2D eigenvalue weighted by molar-refractivity contribution is 5.54. The summed E-state index contributed by atoms with van der Waals surface area (Å²) in [5.41, 5.74) is 2.33. The number of pyridine rings is 1. The van der Waals surface area contributed by atoms with E-state index in [9.17, 15) is 0 Å². The summed E-state index contributed by atoms with van der Waals surface area (Å²) in [5.74, 6) is 1.49. The smallest absolute Gasteiger partial charge is 0.181 e. The van der Waals surface area contributed by atoms with Gasteiger partial charge < -0.3 is 0 Å². The number of aromatic nitrogens is 4. The Balaban J connectivity index is 1.92. The molecule has 0 spiro atoms. The van der Waals surface area contributed by atoms with Crippen molar-refractivity contribution in [2.45, 2.75) is 13.3 Å². The van der Waals surface area contributed by atoms with Gasteiger partial charge in [-0.25, -0.2) is 14.6 Å². The van der Waals surface area contributed by atoms with E-state index >= 15 is 0 Å². The number of aryl methyl sites for hydroxylation is 1. The predicted molar refractivity (Wildman–Crippen MR) is 74.0 cm³/mol. The summed E-state index contributed by atoms with van der Waals surface area (Å²) in [7, 11) is 0. The minimum Gasteiger partial charge on any atom is -0.237 e. The topological polar surface area (TPSA) is 43.6 Å². The van der Waals surface area contributed by atoms with Gasteiger partial charge >= 0.3 is 0 Å². The van der Waals surface area contributed by atoms with E-state index in [4.69, 9.17) is 0 Å². The highest BCUT2D eigenvalue weighted by atomic mass is 15.4. The third kappa shape index (κ3) is 2.38. The lowest BCUT2D eigenvalue weighted by atomic mass is 10.1. The molecule has 94 valence electrons. The number of hydrogen-bond donors (Lipinski definition) is 0. The van der Waals surface area contributed by atoms with Crippen LogP contribution in [0.3, 0.4) is 0 Å². The van der Waals surface area contributed by atoms with Gasteiger partial charge in [0, 0.05) is 11.8 Å². The summed E-state index contributed by atoms with van der Waals surface area (Å²) in [6.07, 6.45) is 4.47. The second-order valence-corrected chi connectivity index (χ2v) is 4.25. The summed E-state index contributed by atoms with van der Waals surface area (Å²) >= 11 is 0. The first-order valence-electron chi connectivity index (χ1n) is 6.29. The Bertz CT molecular complexity index is 656. The largest absolute Gasteiger partial charge is 0.237 e. The fraction of sp³-hybridized carbons (Fsp3) is 0.133. The lowest BCUT2D eigenvalue weighted by molar-refractivity contribution is 0.848. The zero-order chi connectivity index (χ0) is 13.1. The van der Waals surface area contributed by atoms with Crippen LogP contribution in [0.4, 0.5) is 0 Å². The number of hydrogen-bond acceptors (Lipinski definition) is 3. The van der Waals surface area contributed by atoms with Crippen molar-refractivity contribution in [3.8, 4) is 17.2 Å². The molecule has 0 N–H and O–H groups in total. The number of benzene rings is 1. The van der Waals surface area contributed by atoms with Crippen molar-refractivity contribution in [1.29, 1.82) is 0 Å². The molecule has 0 atom stereocenters. The minimum atomic E-state index is 0.716. The maximum atomic E-state index is 4.45. The molecule has 0 saturated carbocycles. The first kappa shape index (κ1) is 11.6. The average molecular weight is 250 g/mol. The van der Waals surface area contributed by atoms with Crippen LogP contribution in [0.5, 0.6) is 0 Å². The van der Waals surface area contributed by atoms with E-state index in [1.807, 2.05) is 18.2 Å². The van der Waals surface area contributed by atoms with E-state index in [0.29, 0.717) is 5.82 Å². The van der Waals surface area contributed by atoms with Gasteiger partial charge in [-0.3, -0.25) is 0 Å². The van der Waals surface area contributed by atoms with Crippen molar-refractivity contribution in [3.05, 3.63) is 60.6 Å². The van der Waals surface area contributed by atoms with Gasteiger partial charge in [0.25, 0.3) is 0 Å². The Morgan fingerprint density at radius 3 is 2.53 bits per heavy atom. The molecule has 0 aliphatic rings. The molecule has 3 aromatic rings. The maximum absolute atomic E-state index is 4.45. The molecule has 0 amide bonds. The molecule has 0 fully saturated rings. The summed E-state index contributed by atoms with van der Waals surface area (Å²) < 4.78 is 1.68. The SMILES string of the molecule is CCc1ccc(-c2ncn(-c3ccccn3)n2)cc1. The molecule has 0 radical (unpaired) electrons. The summed E-state index contributed by atoms with van der Waals surface area (Å²) in [6, 6.07) is 14.0. The van der Waals surface area contributed by atoms with Crippen LogP contribution in [-0.2, 0) is 6.42 Å². The van der Waals surface area contributed by atoms with Crippen molar-refractivity contribution < 1.29 is 0 Å². The standard InChI is InChI=1S/C15H14N4/c1-2-12-6-8-13(9-7-12)15-17-11-19(18-15)14-5-3-4-10-16-14/h3-11H,2H2,1H3. The Morgan fingerprint density at radius 2 is 1.84 bits per heavy atom. The molecule has 4 nitrogen and oxygen atoms in total. The fourth-order valence-corrected chi connectivity index (χ4v) is 1.88. The molecular formula is C15H14N4. The Kier molecular flexibility index (Phi) is 3.06. The summed E-state index contributed by atoms with van der Waals surface area (Å²) in [5, 5.41) is 4.45. The monoisotopic (exact) mass is 250 g/mol. The van der Waals surface area contributed by atoms with Gasteiger partial charge in [-0.1, -0.05) is 37.3 Å². The highest BCUT2D eigenvalue weighted by Crippen LogP contribution is 2.16. The van der Waals surface area contributed by atoms with Gasteiger partial charge in [0.1, 0.15) is 6.33 Å². The molecular weight excluding hydrogens is 236 g/mol. The van der Waals surface area contributed by atoms with Crippen LogP contribution < -0.4 is 0 Å². The molecule has 0 bridgehead atoms. The zero-order valence-electron chi connectivity index (χ0n) is 10.7. The summed E-state index contributed by atoms with van der Waals surface area (Å²) in [4.78, 5) is 8.57. The lowest BCUT2D eigenvalue weighted by Gasteiger charge is -1.99. The average Bonchev–Trinajstić information content (AvgIpc) is 2.98. The first-order chi connectivity index (χ1) is 9.36. The van der Waals surface area contributed by atoms with Crippen LogP contribution in [0.15, 0.2) is 55.0 Å². The molecule has 2 aromatic heterocycles. The van der Waals surface area contributed by atoms with Gasteiger partial charge in [-0.2, -0.15) is 0 Å². The van der Waals surface area contributed by atoms with E-state index in [1.165, 1.54) is 5.56 Å². The molecule has 2 heterocycles. The molecule has 0 aliphatic carbocycles. The van der Waals surface area contributed by atoms with E-state index < -0.39 is 0 Å². The van der Waals surface area contributed by atoms with Crippen LogP contribution in [0.1, 0.15) is 12.5 Å². The van der Waals surface area contributed by atoms with Crippen LogP contribution in [0.2, 0.25) is 0 Å². The van der Waals surface area contributed by atoms with Gasteiger partial charge in [-0.15, -0.1) is 5.10 Å². The fourth-order valence-electron chi connectivity index (χ4n) is 1.88. The van der Waals surface area contributed by atoms with Crippen LogP contribution in [-0.4, -0.2) is 19.7 Å². The minimum absolute atomic E-state index is 0.716. The van der Waals surface area contributed by atoms with Crippen LogP contribution in [0, 0.1) is 0 Å². The third-order valence-electron chi connectivity index (χ3n) is 3.00. The van der Waals surface area contributed by atoms with Crippen LogP contribution in [0.25, 0.3) is 17.2 Å². The van der Waals surface area contributed by atoms with Crippen LogP contribution >= 0.6 is 0 Å². The summed E-state index contributed by atoms with van der Waals surface area (Å²) in [6.45, 7) is 2.14. The molecule has 19 heavy (non-hydrogen) atoms.